The van der Waals surface area contributed by atoms with Crippen molar-refractivity contribution in [3.8, 4) is 21.8 Å². The monoisotopic (exact) mass is 368 g/mol. The van der Waals surface area contributed by atoms with E-state index >= 15 is 0 Å². The van der Waals surface area contributed by atoms with Gasteiger partial charge in [0.1, 0.15) is 11.6 Å². The Kier molecular flexibility index (Phi) is 5.08. The van der Waals surface area contributed by atoms with Crippen LogP contribution in [0.4, 0.5) is 0 Å². The SMILES string of the molecule is O=C(Cn1ccc(-c2cccc(-c3nccs3)c2)n1)NC[C@@H]1CCCO1. The van der Waals surface area contributed by atoms with Gasteiger partial charge in [-0.05, 0) is 25.0 Å². The molecular weight excluding hydrogens is 348 g/mol. The number of nitrogens with zero attached hydrogens (tertiary/aromatic N) is 3. The third-order valence-electron chi connectivity index (χ3n) is 4.33. The summed E-state index contributed by atoms with van der Waals surface area (Å²) < 4.78 is 7.18. The molecule has 3 heterocycles. The van der Waals surface area contributed by atoms with Crippen LogP contribution in [0.5, 0.6) is 0 Å². The number of hydrogen-bond donors (Lipinski definition) is 1. The first-order chi connectivity index (χ1) is 12.8. The molecule has 0 bridgehead atoms. The molecule has 1 fully saturated rings. The number of nitrogens with one attached hydrogen (secondary N) is 1. The molecule has 0 saturated carbocycles. The molecule has 0 spiro atoms. The van der Waals surface area contributed by atoms with Crippen molar-refractivity contribution in [2.24, 2.45) is 0 Å². The first-order valence-electron chi connectivity index (χ1n) is 8.70. The molecular formula is C19H20N4O2S. The lowest BCUT2D eigenvalue weighted by Gasteiger charge is -2.10. The molecule has 6 nitrogen and oxygen atoms in total. The Hall–Kier alpha value is -2.51. The third-order valence-corrected chi connectivity index (χ3v) is 5.16. The number of benzene rings is 1. The Balaban J connectivity index is 1.40. The van der Waals surface area contributed by atoms with E-state index in [9.17, 15) is 4.79 Å². The van der Waals surface area contributed by atoms with E-state index in [0.29, 0.717) is 6.54 Å². The number of hydrogen-bond acceptors (Lipinski definition) is 5. The highest BCUT2D eigenvalue weighted by Gasteiger charge is 2.16. The van der Waals surface area contributed by atoms with Gasteiger partial charge in [-0.2, -0.15) is 5.10 Å². The first kappa shape index (κ1) is 16.9. The van der Waals surface area contributed by atoms with E-state index in [-0.39, 0.29) is 18.6 Å². The van der Waals surface area contributed by atoms with Crippen molar-refractivity contribution in [1.82, 2.24) is 20.1 Å². The topological polar surface area (TPSA) is 69.0 Å². The summed E-state index contributed by atoms with van der Waals surface area (Å²) >= 11 is 1.61. The van der Waals surface area contributed by atoms with Gasteiger partial charge in [0.2, 0.25) is 5.91 Å². The van der Waals surface area contributed by atoms with E-state index in [2.05, 4.69) is 21.5 Å². The van der Waals surface area contributed by atoms with Crippen molar-refractivity contribution < 1.29 is 9.53 Å². The van der Waals surface area contributed by atoms with E-state index in [1.165, 1.54) is 0 Å². The fourth-order valence-corrected chi connectivity index (χ4v) is 3.65. The number of carbonyl (C=O) groups excluding carboxylic acids is 1. The molecule has 4 rings (SSSR count). The summed E-state index contributed by atoms with van der Waals surface area (Å²) in [6.45, 7) is 1.57. The quantitative estimate of drug-likeness (QED) is 0.726. The number of rotatable bonds is 6. The van der Waals surface area contributed by atoms with Gasteiger partial charge in [0, 0.05) is 42.1 Å². The van der Waals surface area contributed by atoms with Gasteiger partial charge in [-0.3, -0.25) is 9.48 Å². The summed E-state index contributed by atoms with van der Waals surface area (Å²) in [6, 6.07) is 10.1. The molecule has 0 unspecified atom stereocenters. The van der Waals surface area contributed by atoms with Crippen molar-refractivity contribution in [2.75, 3.05) is 13.2 Å². The minimum Gasteiger partial charge on any atom is -0.376 e. The minimum absolute atomic E-state index is 0.0494. The summed E-state index contributed by atoms with van der Waals surface area (Å²) in [6.07, 6.45) is 5.87. The van der Waals surface area contributed by atoms with Crippen LogP contribution < -0.4 is 5.32 Å². The number of amides is 1. The summed E-state index contributed by atoms with van der Waals surface area (Å²) in [5.74, 6) is -0.0494. The van der Waals surface area contributed by atoms with Crippen molar-refractivity contribution >= 4 is 17.2 Å². The van der Waals surface area contributed by atoms with Crippen molar-refractivity contribution in [1.29, 1.82) is 0 Å². The lowest BCUT2D eigenvalue weighted by molar-refractivity contribution is -0.122. The van der Waals surface area contributed by atoms with Crippen LogP contribution in [-0.2, 0) is 16.1 Å². The van der Waals surface area contributed by atoms with Crippen LogP contribution in [0.2, 0.25) is 0 Å². The molecule has 1 aliphatic heterocycles. The molecule has 1 aliphatic rings. The van der Waals surface area contributed by atoms with E-state index in [1.807, 2.05) is 35.8 Å². The van der Waals surface area contributed by atoms with E-state index in [0.717, 1.165) is 41.3 Å². The lowest BCUT2D eigenvalue weighted by atomic mass is 10.1. The average Bonchev–Trinajstić information content (AvgIpc) is 3.42. The molecule has 1 N–H and O–H groups in total. The Morgan fingerprint density at radius 1 is 1.35 bits per heavy atom. The van der Waals surface area contributed by atoms with E-state index in [1.54, 1.807) is 22.2 Å². The second-order valence-electron chi connectivity index (χ2n) is 6.26. The van der Waals surface area contributed by atoms with Crippen LogP contribution in [0.25, 0.3) is 21.8 Å². The second-order valence-corrected chi connectivity index (χ2v) is 7.15. The molecule has 26 heavy (non-hydrogen) atoms. The maximum Gasteiger partial charge on any atom is 0.241 e. The highest BCUT2D eigenvalue weighted by atomic mass is 32.1. The summed E-state index contributed by atoms with van der Waals surface area (Å²) in [7, 11) is 0. The number of thiazole rings is 1. The van der Waals surface area contributed by atoms with Crippen molar-refractivity contribution in [2.45, 2.75) is 25.5 Å². The molecule has 1 atom stereocenters. The maximum atomic E-state index is 12.1. The van der Waals surface area contributed by atoms with E-state index < -0.39 is 0 Å². The third kappa shape index (κ3) is 4.00. The summed E-state index contributed by atoms with van der Waals surface area (Å²) in [4.78, 5) is 16.4. The standard InChI is InChI=1S/C19H20N4O2S/c24-18(21-12-16-5-2-9-25-16)13-23-8-6-17(22-23)14-3-1-4-15(11-14)19-20-7-10-26-19/h1,3-4,6-8,10-11,16H,2,5,9,12-13H2,(H,21,24)/t16-/m0/s1. The minimum atomic E-state index is -0.0494. The van der Waals surface area contributed by atoms with Crippen LogP contribution in [0.1, 0.15) is 12.8 Å². The smallest absolute Gasteiger partial charge is 0.241 e. The lowest BCUT2D eigenvalue weighted by Crippen LogP contribution is -2.34. The predicted octanol–water partition coefficient (Wildman–Crippen LogP) is 2.97. The highest BCUT2D eigenvalue weighted by Crippen LogP contribution is 2.26. The zero-order chi connectivity index (χ0) is 17.8. The Morgan fingerprint density at radius 2 is 2.27 bits per heavy atom. The van der Waals surface area contributed by atoms with Crippen molar-refractivity contribution in [3.05, 3.63) is 48.1 Å². The van der Waals surface area contributed by atoms with E-state index in [4.69, 9.17) is 4.74 Å². The molecule has 2 aromatic heterocycles. The molecule has 1 saturated heterocycles. The molecule has 134 valence electrons. The fourth-order valence-electron chi connectivity index (χ4n) is 3.02. The fraction of sp³-hybridized carbons (Fsp3) is 0.316. The van der Waals surface area contributed by atoms with Crippen LogP contribution in [0, 0.1) is 0 Å². The van der Waals surface area contributed by atoms with Gasteiger partial charge in [0.15, 0.2) is 0 Å². The summed E-state index contributed by atoms with van der Waals surface area (Å²) in [5, 5.41) is 10.4. The molecule has 0 radical (unpaired) electrons. The van der Waals surface area contributed by atoms with Gasteiger partial charge >= 0.3 is 0 Å². The maximum absolute atomic E-state index is 12.1. The second kappa shape index (κ2) is 7.80. The summed E-state index contributed by atoms with van der Waals surface area (Å²) in [5.41, 5.74) is 2.92. The van der Waals surface area contributed by atoms with Crippen LogP contribution in [0.3, 0.4) is 0 Å². The Bertz CT molecular complexity index is 869. The van der Waals surface area contributed by atoms with Gasteiger partial charge in [-0.1, -0.05) is 18.2 Å². The first-order valence-corrected chi connectivity index (χ1v) is 9.58. The highest BCUT2D eigenvalue weighted by molar-refractivity contribution is 7.13. The zero-order valence-electron chi connectivity index (χ0n) is 14.3. The molecule has 0 aliphatic carbocycles. The molecule has 1 amide bonds. The van der Waals surface area contributed by atoms with Gasteiger partial charge in [-0.25, -0.2) is 4.98 Å². The molecule has 3 aromatic rings. The normalized spacial score (nSPS) is 16.7. The Morgan fingerprint density at radius 3 is 3.08 bits per heavy atom. The number of ether oxygens (including phenoxy) is 1. The molecule has 1 aromatic carbocycles. The number of carbonyl (C=O) groups is 1. The van der Waals surface area contributed by atoms with Gasteiger partial charge in [-0.15, -0.1) is 11.3 Å². The van der Waals surface area contributed by atoms with Crippen LogP contribution in [-0.4, -0.2) is 39.9 Å². The van der Waals surface area contributed by atoms with Gasteiger partial charge in [0.05, 0.1) is 11.8 Å². The van der Waals surface area contributed by atoms with Crippen LogP contribution in [0.15, 0.2) is 48.1 Å². The van der Waals surface area contributed by atoms with Crippen molar-refractivity contribution in [3.63, 3.8) is 0 Å². The zero-order valence-corrected chi connectivity index (χ0v) is 15.1. The molecule has 7 heteroatoms. The average molecular weight is 368 g/mol. The van der Waals surface area contributed by atoms with Gasteiger partial charge < -0.3 is 10.1 Å². The largest absolute Gasteiger partial charge is 0.376 e. The number of aromatic nitrogens is 3. The van der Waals surface area contributed by atoms with Gasteiger partial charge in [0.25, 0.3) is 0 Å². The predicted molar refractivity (Wildman–Crippen MR) is 101 cm³/mol. The Labute approximate surface area is 155 Å². The van der Waals surface area contributed by atoms with Crippen LogP contribution >= 0.6 is 11.3 Å².